The molecule has 0 unspecified atom stereocenters. The van der Waals surface area contributed by atoms with Gasteiger partial charge in [0.25, 0.3) is 0 Å². The van der Waals surface area contributed by atoms with Crippen LogP contribution in [0, 0.1) is 10.8 Å². The molecule has 4 nitrogen and oxygen atoms in total. The van der Waals surface area contributed by atoms with Crippen LogP contribution in [0.15, 0.2) is 18.2 Å². The molecular weight excluding hydrogens is 328 g/mol. The molecule has 0 saturated heterocycles. The Morgan fingerprint density at radius 1 is 0.731 bits per heavy atom. The molecule has 0 fully saturated rings. The van der Waals surface area contributed by atoms with Crippen LogP contribution < -0.4 is 9.47 Å². The second kappa shape index (κ2) is 7.81. The van der Waals surface area contributed by atoms with E-state index in [9.17, 15) is 9.59 Å². The molecule has 1 rings (SSSR count). The van der Waals surface area contributed by atoms with Crippen LogP contribution in [0.5, 0.6) is 11.5 Å². The van der Waals surface area contributed by atoms with Crippen molar-refractivity contribution in [1.29, 1.82) is 0 Å². The molecule has 0 heterocycles. The van der Waals surface area contributed by atoms with Crippen LogP contribution >= 0.6 is 0 Å². The third kappa shape index (κ3) is 8.03. The Hall–Kier alpha value is -1.84. The highest BCUT2D eigenvalue weighted by molar-refractivity contribution is 5.77. The van der Waals surface area contributed by atoms with Crippen LogP contribution in [-0.2, 0) is 15.0 Å². The number of ether oxygens (including phenoxy) is 2. The van der Waals surface area contributed by atoms with Gasteiger partial charge in [-0.3, -0.25) is 9.59 Å². The summed E-state index contributed by atoms with van der Waals surface area (Å²) < 4.78 is 11.1. The normalized spacial score (nSPS) is 12.7. The number of hydrogen-bond acceptors (Lipinski definition) is 4. The lowest BCUT2D eigenvalue weighted by Gasteiger charge is -2.22. The van der Waals surface area contributed by atoms with Crippen molar-refractivity contribution < 1.29 is 19.1 Å². The van der Waals surface area contributed by atoms with Crippen molar-refractivity contribution in [2.45, 2.75) is 80.6 Å². The van der Waals surface area contributed by atoms with Gasteiger partial charge in [0, 0.05) is 0 Å². The summed E-state index contributed by atoms with van der Waals surface area (Å²) in [5, 5.41) is 0. The highest BCUT2D eigenvalue weighted by Gasteiger charge is 2.24. The highest BCUT2D eigenvalue weighted by atomic mass is 16.6. The van der Waals surface area contributed by atoms with Crippen molar-refractivity contribution in [1.82, 2.24) is 0 Å². The molecule has 0 aromatic heterocycles. The van der Waals surface area contributed by atoms with Gasteiger partial charge in [0.1, 0.15) is 0 Å². The summed E-state index contributed by atoms with van der Waals surface area (Å²) in [6, 6.07) is 5.40. The zero-order valence-electron chi connectivity index (χ0n) is 17.8. The second-order valence-electron chi connectivity index (χ2n) is 10.3. The van der Waals surface area contributed by atoms with E-state index in [1.807, 2.05) is 47.6 Å². The molecule has 0 bridgehead atoms. The third-order valence-corrected chi connectivity index (χ3v) is 3.61. The van der Waals surface area contributed by atoms with Crippen LogP contribution in [0.25, 0.3) is 0 Å². The number of esters is 2. The Morgan fingerprint density at radius 2 is 1.15 bits per heavy atom. The maximum Gasteiger partial charge on any atom is 0.311 e. The first kappa shape index (κ1) is 22.2. The van der Waals surface area contributed by atoms with Gasteiger partial charge in [0.2, 0.25) is 0 Å². The Kier molecular flexibility index (Phi) is 6.67. The van der Waals surface area contributed by atoms with Gasteiger partial charge in [0.15, 0.2) is 11.5 Å². The molecule has 0 saturated carbocycles. The van der Waals surface area contributed by atoms with Crippen LogP contribution in [0.2, 0.25) is 0 Å². The fourth-order valence-corrected chi connectivity index (χ4v) is 2.32. The maximum atomic E-state index is 12.3. The lowest BCUT2D eigenvalue weighted by molar-refractivity contribution is -0.139. The average Bonchev–Trinajstić information content (AvgIpc) is 2.34. The molecule has 0 N–H and O–H groups in total. The fraction of sp³-hybridized carbons (Fsp3) is 0.636. The van der Waals surface area contributed by atoms with E-state index in [1.54, 1.807) is 12.1 Å². The van der Waals surface area contributed by atoms with Gasteiger partial charge in [-0.25, -0.2) is 0 Å². The summed E-state index contributed by atoms with van der Waals surface area (Å²) in [6.07, 6.45) is 0.561. The number of rotatable bonds is 4. The fourth-order valence-electron chi connectivity index (χ4n) is 2.32. The van der Waals surface area contributed by atoms with Gasteiger partial charge < -0.3 is 9.47 Å². The predicted molar refractivity (Wildman–Crippen MR) is 105 cm³/mol. The summed E-state index contributed by atoms with van der Waals surface area (Å²) in [4.78, 5) is 24.5. The van der Waals surface area contributed by atoms with E-state index < -0.39 is 0 Å². The van der Waals surface area contributed by atoms with Gasteiger partial charge in [-0.05, 0) is 33.9 Å². The predicted octanol–water partition coefficient (Wildman–Crippen LogP) is 5.67. The molecule has 0 radical (unpaired) electrons. The zero-order chi connectivity index (χ0) is 20.3. The van der Waals surface area contributed by atoms with Crippen LogP contribution in [0.1, 0.15) is 80.7 Å². The Labute approximate surface area is 158 Å². The number of hydrogen-bond donors (Lipinski definition) is 0. The van der Waals surface area contributed by atoms with Crippen molar-refractivity contribution in [2.24, 2.45) is 10.8 Å². The van der Waals surface area contributed by atoms with E-state index in [4.69, 9.17) is 9.47 Å². The zero-order valence-corrected chi connectivity index (χ0v) is 17.8. The monoisotopic (exact) mass is 362 g/mol. The molecule has 1 aromatic rings. The summed E-state index contributed by atoms with van der Waals surface area (Å²) >= 11 is 0. The molecule has 1 aromatic carbocycles. The van der Waals surface area contributed by atoms with E-state index in [0.29, 0.717) is 5.75 Å². The van der Waals surface area contributed by atoms with E-state index >= 15 is 0 Å². The van der Waals surface area contributed by atoms with Gasteiger partial charge >= 0.3 is 11.9 Å². The third-order valence-electron chi connectivity index (χ3n) is 3.61. The van der Waals surface area contributed by atoms with Crippen molar-refractivity contribution in [3.05, 3.63) is 23.8 Å². The standard InChI is InChI=1S/C22H34O4/c1-20(2,3)13-18(23)25-16-11-10-15(22(7,8)9)12-17(16)26-19(24)14-21(4,5)6/h10-12H,13-14H2,1-9H3. The van der Waals surface area contributed by atoms with Gasteiger partial charge in [0.05, 0.1) is 12.8 Å². The minimum absolute atomic E-state index is 0.112. The SMILES string of the molecule is CC(C)(C)CC(=O)Oc1ccc(C(C)(C)C)cc1OC(=O)CC(C)(C)C. The maximum absolute atomic E-state index is 12.3. The molecule has 4 heteroatoms. The highest BCUT2D eigenvalue weighted by Crippen LogP contribution is 2.35. The summed E-state index contributed by atoms with van der Waals surface area (Å²) in [5.74, 6) is -0.0887. The lowest BCUT2D eigenvalue weighted by atomic mass is 9.87. The van der Waals surface area contributed by atoms with Crippen molar-refractivity contribution in [3.63, 3.8) is 0 Å². The Bertz CT molecular complexity index is 652. The first-order valence-corrected chi connectivity index (χ1v) is 9.13. The van der Waals surface area contributed by atoms with Crippen molar-refractivity contribution in [3.8, 4) is 11.5 Å². The lowest BCUT2D eigenvalue weighted by Crippen LogP contribution is -2.20. The summed E-state index contributed by atoms with van der Waals surface area (Å²) in [7, 11) is 0. The van der Waals surface area contributed by atoms with E-state index in [-0.39, 0.29) is 46.8 Å². The summed E-state index contributed by atoms with van der Waals surface area (Å²) in [5.41, 5.74) is 0.540. The van der Waals surface area contributed by atoms with Crippen molar-refractivity contribution in [2.75, 3.05) is 0 Å². The molecule has 0 amide bonds. The summed E-state index contributed by atoms with van der Waals surface area (Å²) in [6.45, 7) is 18.1. The van der Waals surface area contributed by atoms with E-state index in [1.165, 1.54) is 0 Å². The number of benzene rings is 1. The molecule has 26 heavy (non-hydrogen) atoms. The molecule has 0 spiro atoms. The van der Waals surface area contributed by atoms with E-state index in [0.717, 1.165) is 5.56 Å². The molecule has 0 aliphatic heterocycles. The van der Waals surface area contributed by atoms with Crippen LogP contribution in [-0.4, -0.2) is 11.9 Å². The second-order valence-corrected chi connectivity index (χ2v) is 10.3. The number of carbonyl (C=O) groups is 2. The quantitative estimate of drug-likeness (QED) is 0.512. The Morgan fingerprint density at radius 3 is 1.54 bits per heavy atom. The minimum atomic E-state index is -0.339. The molecular formula is C22H34O4. The molecule has 0 aliphatic carbocycles. The van der Waals surface area contributed by atoms with Crippen LogP contribution in [0.4, 0.5) is 0 Å². The molecule has 0 atom stereocenters. The minimum Gasteiger partial charge on any atom is -0.423 e. The van der Waals surface area contributed by atoms with Gasteiger partial charge in [-0.1, -0.05) is 68.4 Å². The average molecular weight is 363 g/mol. The van der Waals surface area contributed by atoms with Crippen LogP contribution in [0.3, 0.4) is 0 Å². The van der Waals surface area contributed by atoms with E-state index in [2.05, 4.69) is 20.8 Å². The topological polar surface area (TPSA) is 52.6 Å². The van der Waals surface area contributed by atoms with Gasteiger partial charge in [-0.2, -0.15) is 0 Å². The van der Waals surface area contributed by atoms with Gasteiger partial charge in [-0.15, -0.1) is 0 Å². The van der Waals surface area contributed by atoms with Crippen molar-refractivity contribution >= 4 is 11.9 Å². The largest absolute Gasteiger partial charge is 0.423 e. The smallest absolute Gasteiger partial charge is 0.311 e. The number of carbonyl (C=O) groups excluding carboxylic acids is 2. The molecule has 146 valence electrons. The first-order chi connectivity index (χ1) is 11.6. The first-order valence-electron chi connectivity index (χ1n) is 9.13. The Balaban J connectivity index is 3.12. The molecule has 0 aliphatic rings.